The molecule has 32 heavy (non-hydrogen) atoms. The number of nitrogens with one attached hydrogen (secondary N) is 1. The third-order valence-electron chi connectivity index (χ3n) is 5.48. The summed E-state index contributed by atoms with van der Waals surface area (Å²) in [4.78, 5) is 29.4. The first-order valence-corrected chi connectivity index (χ1v) is 11.8. The molecule has 1 amide bonds. The van der Waals surface area contributed by atoms with E-state index in [0.717, 1.165) is 19.3 Å². The number of hydrogen-bond donors (Lipinski definition) is 1. The van der Waals surface area contributed by atoms with Gasteiger partial charge in [0.2, 0.25) is 15.8 Å². The first-order chi connectivity index (χ1) is 15.4. The van der Waals surface area contributed by atoms with Crippen LogP contribution in [0.2, 0.25) is 0 Å². The number of carbonyl (C=O) groups is 2. The average Bonchev–Trinajstić information content (AvgIpc) is 3.25. The van der Waals surface area contributed by atoms with E-state index in [1.807, 2.05) is 0 Å². The zero-order valence-corrected chi connectivity index (χ0v) is 18.5. The van der Waals surface area contributed by atoms with Crippen molar-refractivity contribution in [2.24, 2.45) is 7.05 Å². The van der Waals surface area contributed by atoms with Crippen LogP contribution in [0, 0.1) is 0 Å². The van der Waals surface area contributed by atoms with Gasteiger partial charge in [0.05, 0.1) is 4.90 Å². The summed E-state index contributed by atoms with van der Waals surface area (Å²) in [5.41, 5.74) is 1.19. The number of anilines is 1. The highest BCUT2D eigenvalue weighted by molar-refractivity contribution is 7.89. The van der Waals surface area contributed by atoms with Crippen LogP contribution in [0.15, 0.2) is 65.8 Å². The lowest BCUT2D eigenvalue weighted by molar-refractivity contribution is 0.102. The number of piperidine rings is 1. The molecule has 1 N–H and O–H groups in total. The maximum atomic E-state index is 12.9. The Morgan fingerprint density at radius 3 is 2.34 bits per heavy atom. The van der Waals surface area contributed by atoms with Gasteiger partial charge < -0.3 is 9.88 Å². The van der Waals surface area contributed by atoms with Crippen LogP contribution >= 0.6 is 0 Å². The highest BCUT2D eigenvalue weighted by atomic mass is 32.2. The number of benzene rings is 2. The van der Waals surface area contributed by atoms with Gasteiger partial charge >= 0.3 is 0 Å². The smallest absolute Gasteiger partial charge is 0.255 e. The van der Waals surface area contributed by atoms with Gasteiger partial charge in [-0.3, -0.25) is 9.59 Å². The Kier molecular flexibility index (Phi) is 6.20. The quantitative estimate of drug-likeness (QED) is 0.579. The van der Waals surface area contributed by atoms with Gasteiger partial charge in [0.1, 0.15) is 0 Å². The molecule has 1 aliphatic heterocycles. The van der Waals surface area contributed by atoms with E-state index in [4.69, 9.17) is 0 Å². The predicted molar refractivity (Wildman–Crippen MR) is 120 cm³/mol. The van der Waals surface area contributed by atoms with Crippen LogP contribution in [0.25, 0.3) is 0 Å². The molecule has 0 aliphatic carbocycles. The van der Waals surface area contributed by atoms with Gasteiger partial charge in [-0.05, 0) is 55.3 Å². The monoisotopic (exact) mass is 452 g/mol. The molecule has 2 aromatic carbocycles. The number of hydrogen-bond acceptors (Lipinski definition) is 5. The fourth-order valence-electron chi connectivity index (χ4n) is 3.67. The summed E-state index contributed by atoms with van der Waals surface area (Å²) in [7, 11) is -1.88. The van der Waals surface area contributed by atoms with E-state index in [2.05, 4.69) is 10.3 Å². The topological polar surface area (TPSA) is 101 Å². The number of rotatable bonds is 6. The van der Waals surface area contributed by atoms with Crippen LogP contribution in [-0.4, -0.2) is 47.1 Å². The largest absolute Gasteiger partial charge is 0.331 e. The molecular weight excluding hydrogens is 428 g/mol. The minimum absolute atomic E-state index is 0.114. The molecule has 1 fully saturated rings. The Labute approximate surface area is 186 Å². The van der Waals surface area contributed by atoms with Crippen molar-refractivity contribution in [1.29, 1.82) is 0 Å². The SMILES string of the molecule is Cn1ccnc1C(=O)c1ccc(NC(=O)c2cccc(S(=O)(=O)N3CCCCC3)c2)cc1. The second-order valence-electron chi connectivity index (χ2n) is 7.71. The normalized spacial score (nSPS) is 14.8. The van der Waals surface area contributed by atoms with Gasteiger partial charge in [-0.2, -0.15) is 4.31 Å². The third kappa shape index (κ3) is 4.49. The lowest BCUT2D eigenvalue weighted by Gasteiger charge is -2.26. The van der Waals surface area contributed by atoms with Crippen molar-refractivity contribution in [3.8, 4) is 0 Å². The second kappa shape index (κ2) is 9.05. The van der Waals surface area contributed by atoms with E-state index >= 15 is 0 Å². The number of aryl methyl sites for hydroxylation is 1. The van der Waals surface area contributed by atoms with Crippen molar-refractivity contribution in [1.82, 2.24) is 13.9 Å². The minimum Gasteiger partial charge on any atom is -0.331 e. The Hall–Kier alpha value is -3.30. The summed E-state index contributed by atoms with van der Waals surface area (Å²) in [6.07, 6.45) is 5.97. The van der Waals surface area contributed by atoms with Gasteiger partial charge in [0, 0.05) is 49.3 Å². The minimum atomic E-state index is -3.62. The summed E-state index contributed by atoms with van der Waals surface area (Å²) in [6.45, 7) is 1.00. The molecular formula is C23H24N4O4S. The second-order valence-corrected chi connectivity index (χ2v) is 9.65. The van der Waals surface area contributed by atoms with Crippen molar-refractivity contribution in [2.75, 3.05) is 18.4 Å². The van der Waals surface area contributed by atoms with Gasteiger partial charge in [0.15, 0.2) is 5.82 Å². The van der Waals surface area contributed by atoms with Crippen LogP contribution in [0.4, 0.5) is 5.69 Å². The summed E-state index contributed by atoms with van der Waals surface area (Å²) in [5, 5.41) is 2.75. The van der Waals surface area contributed by atoms with Crippen LogP contribution in [0.3, 0.4) is 0 Å². The van der Waals surface area contributed by atoms with Crippen molar-refractivity contribution in [2.45, 2.75) is 24.2 Å². The van der Waals surface area contributed by atoms with Crippen LogP contribution in [-0.2, 0) is 17.1 Å². The Morgan fingerprint density at radius 1 is 0.969 bits per heavy atom. The molecule has 0 atom stereocenters. The van der Waals surface area contributed by atoms with Crippen LogP contribution in [0.5, 0.6) is 0 Å². The summed E-state index contributed by atoms with van der Waals surface area (Å²) >= 11 is 0. The highest BCUT2D eigenvalue weighted by Gasteiger charge is 2.26. The molecule has 1 aliphatic rings. The molecule has 0 radical (unpaired) electrons. The van der Waals surface area contributed by atoms with E-state index in [1.54, 1.807) is 60.4 Å². The average molecular weight is 453 g/mol. The van der Waals surface area contributed by atoms with E-state index in [1.165, 1.54) is 16.4 Å². The molecule has 0 bridgehead atoms. The van der Waals surface area contributed by atoms with E-state index < -0.39 is 15.9 Å². The lowest BCUT2D eigenvalue weighted by Crippen LogP contribution is -2.35. The zero-order valence-electron chi connectivity index (χ0n) is 17.7. The van der Waals surface area contributed by atoms with E-state index in [0.29, 0.717) is 30.2 Å². The number of carbonyl (C=O) groups excluding carboxylic acids is 2. The fraction of sp³-hybridized carbons (Fsp3) is 0.261. The Balaban J connectivity index is 1.48. The van der Waals surface area contributed by atoms with Gasteiger partial charge in [-0.1, -0.05) is 12.5 Å². The molecule has 2 heterocycles. The highest BCUT2D eigenvalue weighted by Crippen LogP contribution is 2.22. The zero-order chi connectivity index (χ0) is 22.7. The molecule has 4 rings (SSSR count). The molecule has 1 aromatic heterocycles. The maximum absolute atomic E-state index is 12.9. The maximum Gasteiger partial charge on any atom is 0.255 e. The van der Waals surface area contributed by atoms with Crippen molar-refractivity contribution in [3.63, 3.8) is 0 Å². The summed E-state index contributed by atoms with van der Waals surface area (Å²) < 4.78 is 28.9. The summed E-state index contributed by atoms with van der Waals surface area (Å²) in [5.74, 6) is -0.316. The standard InChI is InChI=1S/C23H24N4O4S/c1-26-15-12-24-22(26)21(28)17-8-10-19(11-9-17)25-23(29)18-6-5-7-20(16-18)32(30,31)27-13-3-2-4-14-27/h5-12,15-16H,2-4,13-14H2,1H3,(H,25,29). The molecule has 166 valence electrons. The first-order valence-electron chi connectivity index (χ1n) is 10.4. The summed E-state index contributed by atoms with van der Waals surface area (Å²) in [6, 6.07) is 12.5. The van der Waals surface area contributed by atoms with E-state index in [-0.39, 0.29) is 16.2 Å². The molecule has 3 aromatic rings. The third-order valence-corrected chi connectivity index (χ3v) is 7.37. The number of ketones is 1. The molecule has 0 unspecified atom stereocenters. The lowest BCUT2D eigenvalue weighted by atomic mass is 10.1. The van der Waals surface area contributed by atoms with Crippen molar-refractivity contribution < 1.29 is 18.0 Å². The van der Waals surface area contributed by atoms with Crippen molar-refractivity contribution >= 4 is 27.4 Å². The van der Waals surface area contributed by atoms with Crippen LogP contribution in [0.1, 0.15) is 45.8 Å². The fourth-order valence-corrected chi connectivity index (χ4v) is 5.24. The van der Waals surface area contributed by atoms with Gasteiger partial charge in [-0.25, -0.2) is 13.4 Å². The molecule has 9 heteroatoms. The number of imidazole rings is 1. The van der Waals surface area contributed by atoms with E-state index in [9.17, 15) is 18.0 Å². The van der Waals surface area contributed by atoms with Crippen molar-refractivity contribution in [3.05, 3.63) is 77.9 Å². The van der Waals surface area contributed by atoms with Gasteiger partial charge in [0.25, 0.3) is 5.91 Å². The first kappa shape index (κ1) is 21.9. The molecule has 1 saturated heterocycles. The number of amides is 1. The van der Waals surface area contributed by atoms with Gasteiger partial charge in [-0.15, -0.1) is 0 Å². The Bertz CT molecular complexity index is 1240. The molecule has 8 nitrogen and oxygen atoms in total. The molecule has 0 saturated carbocycles. The van der Waals surface area contributed by atoms with Crippen LogP contribution < -0.4 is 5.32 Å². The molecule has 0 spiro atoms. The Morgan fingerprint density at radius 2 is 1.69 bits per heavy atom. The number of nitrogens with zero attached hydrogens (tertiary/aromatic N) is 3. The predicted octanol–water partition coefficient (Wildman–Crippen LogP) is 3.08. The number of aromatic nitrogens is 2. The number of sulfonamides is 1.